The largest absolute Gasteiger partial charge is 0.337 e. The van der Waals surface area contributed by atoms with Gasteiger partial charge in [0.2, 0.25) is 12.2 Å². The minimum absolute atomic E-state index is 0.0787. The Morgan fingerprint density at radius 2 is 2.36 bits per heavy atom. The van der Waals surface area contributed by atoms with Crippen LogP contribution in [0.3, 0.4) is 0 Å². The number of amides is 1. The number of carbonyl (C=O) groups excluding carboxylic acids is 1. The summed E-state index contributed by atoms with van der Waals surface area (Å²) in [4.78, 5) is 12.9. The molecule has 1 aromatic rings. The van der Waals surface area contributed by atoms with Crippen LogP contribution < -0.4 is 0 Å². The molecule has 5 nitrogen and oxygen atoms in total. The molecule has 1 amide bonds. The Morgan fingerprint density at radius 1 is 1.55 bits per heavy atom. The number of likely N-dealkylation sites (N-methyl/N-ethyl adjacent to an activating group) is 1. The monoisotopic (exact) mass is 151 g/mol. The van der Waals surface area contributed by atoms with Crippen molar-refractivity contribution in [1.29, 1.82) is 0 Å². The third kappa shape index (κ3) is 0.806. The van der Waals surface area contributed by atoms with Gasteiger partial charge in [-0.05, 0) is 0 Å². The predicted octanol–water partition coefficient (Wildman–Crippen LogP) is -0.836. The van der Waals surface area contributed by atoms with E-state index in [1.54, 1.807) is 16.5 Å². The number of carbonyl (C=O) groups is 1. The number of nitrogens with zero attached hydrogens (tertiary/aromatic N) is 4. The number of hydrogen-bond acceptors (Lipinski definition) is 3. The van der Waals surface area contributed by atoms with E-state index in [1.807, 2.05) is 0 Å². The summed E-state index contributed by atoms with van der Waals surface area (Å²) in [7, 11) is 1.75. The van der Waals surface area contributed by atoms with Crippen LogP contribution >= 0.6 is 0 Å². The average Bonchev–Trinajstić information content (AvgIpc) is 2.45. The summed E-state index contributed by atoms with van der Waals surface area (Å²) in [5.74, 6) is 0.309. The van der Waals surface area contributed by atoms with Gasteiger partial charge in [-0.3, -0.25) is 9.36 Å². The van der Waals surface area contributed by atoms with E-state index in [0.717, 1.165) is 6.54 Å². The summed E-state index contributed by atoms with van der Waals surface area (Å²) in [5.41, 5.74) is 0. The first-order valence-corrected chi connectivity index (χ1v) is 3.35. The lowest BCUT2D eigenvalue weighted by molar-refractivity contribution is 0.0741. The lowest BCUT2D eigenvalue weighted by Crippen LogP contribution is -2.37. The second-order valence-corrected chi connectivity index (χ2v) is 2.50. The summed E-state index contributed by atoms with van der Waals surface area (Å²) in [5, 5.41) is 7.18. The molecule has 5 heteroatoms. The van der Waals surface area contributed by atoms with Crippen molar-refractivity contribution in [3.63, 3.8) is 0 Å². The summed E-state index contributed by atoms with van der Waals surface area (Å²) in [6.07, 6.45) is 2.62. The van der Waals surface area contributed by atoms with Crippen LogP contribution in [0.4, 0.5) is 0 Å². The van der Waals surface area contributed by atoms with Crippen molar-refractivity contribution in [2.24, 2.45) is 0 Å². The standard InChI is InChI=1S/C6H7N4O/c1-9-2-3-10-4-7-8-5(10)6(9)11/h2-3H2,1H3. The molecule has 0 spiro atoms. The van der Waals surface area contributed by atoms with Crippen LogP contribution in [0.15, 0.2) is 0 Å². The highest BCUT2D eigenvalue weighted by Gasteiger charge is 2.23. The fraction of sp³-hybridized carbons (Fsp3) is 0.500. The predicted molar refractivity (Wildman–Crippen MR) is 35.8 cm³/mol. The molecule has 11 heavy (non-hydrogen) atoms. The van der Waals surface area contributed by atoms with Crippen molar-refractivity contribution < 1.29 is 4.79 Å². The Hall–Kier alpha value is -1.39. The van der Waals surface area contributed by atoms with E-state index in [2.05, 4.69) is 16.5 Å². The Bertz CT molecular complexity index is 293. The van der Waals surface area contributed by atoms with E-state index in [1.165, 1.54) is 0 Å². The van der Waals surface area contributed by atoms with Gasteiger partial charge in [-0.15, -0.1) is 10.2 Å². The van der Waals surface area contributed by atoms with Crippen molar-refractivity contribution in [2.75, 3.05) is 13.6 Å². The second kappa shape index (κ2) is 2.05. The van der Waals surface area contributed by atoms with Gasteiger partial charge in [0.15, 0.2) is 0 Å². The first-order valence-electron chi connectivity index (χ1n) is 3.35. The van der Waals surface area contributed by atoms with E-state index < -0.39 is 0 Å². The minimum Gasteiger partial charge on any atom is -0.337 e. The van der Waals surface area contributed by atoms with Gasteiger partial charge < -0.3 is 4.90 Å². The third-order valence-corrected chi connectivity index (χ3v) is 1.76. The number of fused-ring (bicyclic) bond motifs is 1. The van der Waals surface area contributed by atoms with Crippen molar-refractivity contribution >= 4 is 5.91 Å². The lowest BCUT2D eigenvalue weighted by Gasteiger charge is -2.21. The fourth-order valence-electron chi connectivity index (χ4n) is 1.06. The maximum Gasteiger partial charge on any atom is 0.291 e. The van der Waals surface area contributed by atoms with E-state index >= 15 is 0 Å². The van der Waals surface area contributed by atoms with Crippen molar-refractivity contribution in [1.82, 2.24) is 19.7 Å². The first-order chi connectivity index (χ1) is 5.29. The van der Waals surface area contributed by atoms with Gasteiger partial charge in [0, 0.05) is 20.1 Å². The lowest BCUT2D eigenvalue weighted by atomic mass is 10.4. The van der Waals surface area contributed by atoms with E-state index in [-0.39, 0.29) is 5.91 Å². The van der Waals surface area contributed by atoms with Crippen LogP contribution in [-0.4, -0.2) is 39.2 Å². The summed E-state index contributed by atoms with van der Waals surface area (Å²) >= 11 is 0. The van der Waals surface area contributed by atoms with Gasteiger partial charge in [-0.1, -0.05) is 0 Å². The van der Waals surface area contributed by atoms with Crippen molar-refractivity contribution in [3.8, 4) is 0 Å². The summed E-state index contributed by atoms with van der Waals surface area (Å²) in [6.45, 7) is 1.45. The molecule has 0 bridgehead atoms. The molecule has 1 radical (unpaired) electrons. The van der Waals surface area contributed by atoms with E-state index in [4.69, 9.17) is 0 Å². The maximum absolute atomic E-state index is 11.3. The third-order valence-electron chi connectivity index (χ3n) is 1.76. The topological polar surface area (TPSA) is 51.0 Å². The number of hydrogen-bond donors (Lipinski definition) is 0. The quantitative estimate of drug-likeness (QED) is 0.486. The molecule has 0 unspecified atom stereocenters. The normalized spacial score (nSPS) is 16.8. The van der Waals surface area contributed by atoms with Gasteiger partial charge in [-0.2, -0.15) is 0 Å². The minimum atomic E-state index is -0.0787. The molecule has 57 valence electrons. The Morgan fingerprint density at radius 3 is 3.18 bits per heavy atom. The highest BCUT2D eigenvalue weighted by atomic mass is 16.2. The molecule has 0 aromatic carbocycles. The van der Waals surface area contributed by atoms with Crippen LogP contribution in [0, 0.1) is 6.33 Å². The highest BCUT2D eigenvalue weighted by molar-refractivity contribution is 5.90. The molecule has 1 aliphatic heterocycles. The highest BCUT2D eigenvalue weighted by Crippen LogP contribution is 2.05. The average molecular weight is 151 g/mol. The van der Waals surface area contributed by atoms with Gasteiger partial charge >= 0.3 is 0 Å². The van der Waals surface area contributed by atoms with Crippen LogP contribution in [0.5, 0.6) is 0 Å². The molecule has 2 rings (SSSR count). The summed E-state index contributed by atoms with van der Waals surface area (Å²) in [6, 6.07) is 0. The zero-order chi connectivity index (χ0) is 7.84. The van der Waals surface area contributed by atoms with Crippen molar-refractivity contribution in [2.45, 2.75) is 6.54 Å². The zero-order valence-corrected chi connectivity index (χ0v) is 6.11. The molecule has 1 aromatic heterocycles. The van der Waals surface area contributed by atoms with Crippen LogP contribution in [-0.2, 0) is 6.54 Å². The smallest absolute Gasteiger partial charge is 0.291 e. The summed E-state index contributed by atoms with van der Waals surface area (Å²) < 4.78 is 1.64. The molecule has 0 aliphatic carbocycles. The number of rotatable bonds is 0. The molecular weight excluding hydrogens is 144 g/mol. The van der Waals surface area contributed by atoms with Crippen LogP contribution in [0.1, 0.15) is 10.6 Å². The molecule has 0 fully saturated rings. The van der Waals surface area contributed by atoms with Gasteiger partial charge in [0.1, 0.15) is 0 Å². The van der Waals surface area contributed by atoms with Crippen molar-refractivity contribution in [3.05, 3.63) is 12.2 Å². The molecule has 0 saturated heterocycles. The van der Waals surface area contributed by atoms with E-state index in [9.17, 15) is 4.79 Å². The SMILES string of the molecule is CN1CCn2[c]nnc2C1=O. The Labute approximate surface area is 63.6 Å². The van der Waals surface area contributed by atoms with Crippen LogP contribution in [0.2, 0.25) is 0 Å². The van der Waals surface area contributed by atoms with Crippen LogP contribution in [0.25, 0.3) is 0 Å². The molecule has 1 aliphatic rings. The Kier molecular flexibility index (Phi) is 1.18. The second-order valence-electron chi connectivity index (χ2n) is 2.50. The fourth-order valence-corrected chi connectivity index (χ4v) is 1.06. The number of aromatic nitrogens is 3. The maximum atomic E-state index is 11.3. The van der Waals surface area contributed by atoms with Gasteiger partial charge in [0.25, 0.3) is 5.91 Å². The Balaban J connectivity index is 2.46. The first kappa shape index (κ1) is 6.33. The van der Waals surface area contributed by atoms with Gasteiger partial charge in [0.05, 0.1) is 0 Å². The molecule has 0 atom stereocenters. The molecular formula is C6H7N4O. The van der Waals surface area contributed by atoms with Gasteiger partial charge in [-0.25, -0.2) is 0 Å². The zero-order valence-electron chi connectivity index (χ0n) is 6.11. The molecule has 2 heterocycles. The molecule has 0 saturated carbocycles. The van der Waals surface area contributed by atoms with E-state index in [0.29, 0.717) is 12.4 Å². The molecule has 0 N–H and O–H groups in total.